The number of nitrogens with zero attached hydrogens (tertiary/aromatic N) is 3. The van der Waals surface area contributed by atoms with Gasteiger partial charge < -0.3 is 10.6 Å². The lowest BCUT2D eigenvalue weighted by Crippen LogP contribution is -2.52. The Bertz CT molecular complexity index is 1200. The molecular weight excluding hydrogens is 468 g/mol. The molecule has 1 saturated heterocycles. The van der Waals surface area contributed by atoms with E-state index in [9.17, 15) is 22.8 Å². The molecule has 0 aromatic heterocycles. The van der Waals surface area contributed by atoms with Crippen LogP contribution in [0.15, 0.2) is 53.4 Å². The molecule has 2 aromatic rings. The molecule has 4 rings (SSSR count). The molecule has 0 spiro atoms. The second-order valence-electron chi connectivity index (χ2n) is 9.06. The van der Waals surface area contributed by atoms with E-state index >= 15 is 0 Å². The van der Waals surface area contributed by atoms with E-state index in [1.54, 1.807) is 17.0 Å². The fraction of sp³-hybridized carbons (Fsp3) is 0.400. The van der Waals surface area contributed by atoms with Crippen molar-refractivity contribution in [1.82, 2.24) is 14.1 Å². The van der Waals surface area contributed by atoms with Gasteiger partial charge in [0.25, 0.3) is 0 Å². The third kappa shape index (κ3) is 5.95. The van der Waals surface area contributed by atoms with Gasteiger partial charge in [-0.3, -0.25) is 19.3 Å². The molecule has 2 amide bonds. The van der Waals surface area contributed by atoms with E-state index in [0.29, 0.717) is 36.8 Å². The summed E-state index contributed by atoms with van der Waals surface area (Å²) in [7, 11) is -3.69. The second-order valence-corrected chi connectivity index (χ2v) is 11.0. The number of carbonyl (C=O) groups excluding carboxylic acids is 3. The second kappa shape index (κ2) is 10.3. The van der Waals surface area contributed by atoms with Crippen molar-refractivity contribution in [3.8, 4) is 0 Å². The highest BCUT2D eigenvalue weighted by atomic mass is 32.2. The van der Waals surface area contributed by atoms with Gasteiger partial charge in [0.15, 0.2) is 5.78 Å². The number of Topliss-reactive ketones (excluding diaryl/α,β-unsaturated/α-hetero) is 1. The summed E-state index contributed by atoms with van der Waals surface area (Å²) < 4.78 is 27.4. The Kier molecular flexibility index (Phi) is 7.34. The molecule has 2 aliphatic rings. The van der Waals surface area contributed by atoms with E-state index in [-0.39, 0.29) is 36.2 Å². The maximum absolute atomic E-state index is 13.0. The summed E-state index contributed by atoms with van der Waals surface area (Å²) >= 11 is 0. The van der Waals surface area contributed by atoms with Crippen molar-refractivity contribution >= 4 is 27.6 Å². The highest BCUT2D eigenvalue weighted by molar-refractivity contribution is 7.89. The molecule has 1 aliphatic heterocycles. The van der Waals surface area contributed by atoms with Gasteiger partial charge in [0, 0.05) is 49.9 Å². The number of ketones is 1. The van der Waals surface area contributed by atoms with E-state index in [1.165, 1.54) is 35.5 Å². The molecule has 35 heavy (non-hydrogen) atoms. The van der Waals surface area contributed by atoms with Crippen LogP contribution >= 0.6 is 0 Å². The topological polar surface area (TPSA) is 121 Å². The van der Waals surface area contributed by atoms with Crippen LogP contribution in [-0.4, -0.2) is 78.9 Å². The molecule has 0 atom stereocenters. The molecule has 1 heterocycles. The summed E-state index contributed by atoms with van der Waals surface area (Å²) in [6.07, 6.45) is 2.09. The Hall–Kier alpha value is -3.08. The lowest BCUT2D eigenvalue weighted by Gasteiger charge is -2.35. The number of primary amides is 1. The maximum Gasteiger partial charge on any atom is 0.248 e. The fourth-order valence-electron chi connectivity index (χ4n) is 4.22. The normalized spacial score (nSPS) is 16.9. The van der Waals surface area contributed by atoms with Crippen molar-refractivity contribution in [2.45, 2.75) is 37.2 Å². The van der Waals surface area contributed by atoms with E-state index in [2.05, 4.69) is 4.90 Å². The van der Waals surface area contributed by atoms with Crippen LogP contribution in [0.1, 0.15) is 46.0 Å². The zero-order valence-electron chi connectivity index (χ0n) is 19.7. The van der Waals surface area contributed by atoms with E-state index in [1.807, 2.05) is 12.1 Å². The van der Waals surface area contributed by atoms with Gasteiger partial charge in [0.2, 0.25) is 21.8 Å². The van der Waals surface area contributed by atoms with Crippen molar-refractivity contribution in [3.63, 3.8) is 0 Å². The quantitative estimate of drug-likeness (QED) is 0.523. The number of carbonyl (C=O) groups is 3. The van der Waals surface area contributed by atoms with Gasteiger partial charge in [-0.15, -0.1) is 0 Å². The summed E-state index contributed by atoms with van der Waals surface area (Å²) in [4.78, 5) is 39.8. The lowest BCUT2D eigenvalue weighted by molar-refractivity contribution is -0.133. The Balaban J connectivity index is 1.33. The minimum absolute atomic E-state index is 0.0199. The third-order valence-corrected chi connectivity index (χ3v) is 8.43. The van der Waals surface area contributed by atoms with Crippen molar-refractivity contribution in [2.24, 2.45) is 5.73 Å². The number of amides is 2. The first kappa shape index (κ1) is 25.0. The summed E-state index contributed by atoms with van der Waals surface area (Å²) in [6.45, 7) is 3.40. The molecule has 10 heteroatoms. The summed E-state index contributed by atoms with van der Waals surface area (Å²) in [6, 6.07) is 13.4. The minimum Gasteiger partial charge on any atom is -0.366 e. The van der Waals surface area contributed by atoms with Crippen LogP contribution in [-0.2, 0) is 21.4 Å². The van der Waals surface area contributed by atoms with Gasteiger partial charge in [-0.05, 0) is 49.6 Å². The van der Waals surface area contributed by atoms with Gasteiger partial charge in [0.1, 0.15) is 0 Å². The number of piperazine rings is 1. The average molecular weight is 499 g/mol. The van der Waals surface area contributed by atoms with Crippen LogP contribution < -0.4 is 5.73 Å². The minimum atomic E-state index is -3.69. The third-order valence-electron chi connectivity index (χ3n) is 6.52. The van der Waals surface area contributed by atoms with Crippen molar-refractivity contribution < 1.29 is 22.8 Å². The summed E-state index contributed by atoms with van der Waals surface area (Å²) in [5.41, 5.74) is 7.22. The van der Waals surface area contributed by atoms with Gasteiger partial charge in [-0.2, -0.15) is 4.31 Å². The molecule has 9 nitrogen and oxygen atoms in total. The standard InChI is InChI=1S/C25H30N4O5S/c1-18(30)20-6-10-23(11-7-20)35(33,34)29-14-12-27(13-15-29)24(31)17-28(22-8-9-22)16-19-2-4-21(5-3-19)25(26)32/h2-7,10-11,22H,8-9,12-17H2,1H3,(H2,26,32). The van der Waals surface area contributed by atoms with E-state index in [0.717, 1.165) is 18.4 Å². The summed E-state index contributed by atoms with van der Waals surface area (Å²) in [5, 5.41) is 0. The largest absolute Gasteiger partial charge is 0.366 e. The van der Waals surface area contributed by atoms with Crippen LogP contribution in [0, 0.1) is 0 Å². The molecule has 1 aliphatic carbocycles. The smallest absolute Gasteiger partial charge is 0.248 e. The summed E-state index contributed by atoms with van der Waals surface area (Å²) in [5.74, 6) is -0.613. The molecule has 186 valence electrons. The number of hydrogen-bond donors (Lipinski definition) is 1. The van der Waals surface area contributed by atoms with Gasteiger partial charge in [0.05, 0.1) is 11.4 Å². The zero-order valence-corrected chi connectivity index (χ0v) is 20.5. The number of nitrogens with two attached hydrogens (primary N) is 1. The monoisotopic (exact) mass is 498 g/mol. The highest BCUT2D eigenvalue weighted by Crippen LogP contribution is 2.28. The number of benzene rings is 2. The predicted molar refractivity (Wildman–Crippen MR) is 130 cm³/mol. The average Bonchev–Trinajstić information content (AvgIpc) is 3.69. The number of sulfonamides is 1. The fourth-order valence-corrected chi connectivity index (χ4v) is 5.65. The molecular formula is C25H30N4O5S. The SMILES string of the molecule is CC(=O)c1ccc(S(=O)(=O)N2CCN(C(=O)CN(Cc3ccc(C(N)=O)cc3)C3CC3)CC2)cc1. The molecule has 2 N–H and O–H groups in total. The Morgan fingerprint density at radius 2 is 1.49 bits per heavy atom. The van der Waals surface area contributed by atoms with Gasteiger partial charge in [-0.1, -0.05) is 24.3 Å². The first-order chi connectivity index (χ1) is 16.6. The van der Waals surface area contributed by atoms with Crippen molar-refractivity contribution in [2.75, 3.05) is 32.7 Å². The molecule has 1 saturated carbocycles. The van der Waals surface area contributed by atoms with Crippen molar-refractivity contribution in [1.29, 1.82) is 0 Å². The van der Waals surface area contributed by atoms with Crippen LogP contribution in [0.4, 0.5) is 0 Å². The number of hydrogen-bond acceptors (Lipinski definition) is 6. The van der Waals surface area contributed by atoms with Gasteiger partial charge in [-0.25, -0.2) is 8.42 Å². The molecule has 0 unspecified atom stereocenters. The lowest BCUT2D eigenvalue weighted by atomic mass is 10.1. The van der Waals surface area contributed by atoms with E-state index in [4.69, 9.17) is 5.73 Å². The van der Waals surface area contributed by atoms with Crippen LogP contribution in [0.3, 0.4) is 0 Å². The molecule has 0 bridgehead atoms. The molecule has 2 fully saturated rings. The predicted octanol–water partition coefficient (Wildman–Crippen LogP) is 1.49. The zero-order chi connectivity index (χ0) is 25.2. The molecule has 0 radical (unpaired) electrons. The van der Waals surface area contributed by atoms with Crippen molar-refractivity contribution in [3.05, 3.63) is 65.2 Å². The number of rotatable bonds is 9. The molecule has 2 aromatic carbocycles. The van der Waals surface area contributed by atoms with Gasteiger partial charge >= 0.3 is 0 Å². The van der Waals surface area contributed by atoms with Crippen LogP contribution in [0.5, 0.6) is 0 Å². The highest BCUT2D eigenvalue weighted by Gasteiger charge is 2.34. The van der Waals surface area contributed by atoms with Crippen LogP contribution in [0.2, 0.25) is 0 Å². The van der Waals surface area contributed by atoms with E-state index < -0.39 is 15.9 Å². The Labute approximate surface area is 205 Å². The van der Waals surface area contributed by atoms with Crippen LogP contribution in [0.25, 0.3) is 0 Å². The maximum atomic E-state index is 13.0. The Morgan fingerprint density at radius 1 is 0.914 bits per heavy atom. The first-order valence-corrected chi connectivity index (χ1v) is 13.1. The Morgan fingerprint density at radius 3 is 2.00 bits per heavy atom. The first-order valence-electron chi connectivity index (χ1n) is 11.7.